The lowest BCUT2D eigenvalue weighted by atomic mass is 9.93. The maximum absolute atomic E-state index is 11.5. The average Bonchev–Trinajstić information content (AvgIpc) is 2.16. The van der Waals surface area contributed by atoms with Crippen molar-refractivity contribution in [3.8, 4) is 0 Å². The first-order chi connectivity index (χ1) is 7.19. The smallest absolute Gasteiger partial charge is 0.318 e. The molecule has 5 heteroatoms. The standard InChI is InChI=1S/C11H22N2O3/c1-8(2)13(5)7-6-12-9(14)11(3,4)10(15)16/h8H,6-7H2,1-5H3,(H,12,14)(H,15,16). The summed E-state index contributed by atoms with van der Waals surface area (Å²) in [5.41, 5.74) is -1.36. The highest BCUT2D eigenvalue weighted by Gasteiger charge is 2.35. The highest BCUT2D eigenvalue weighted by atomic mass is 16.4. The summed E-state index contributed by atoms with van der Waals surface area (Å²) in [5.74, 6) is -1.56. The number of likely N-dealkylation sites (N-methyl/N-ethyl adjacent to an activating group) is 1. The van der Waals surface area contributed by atoms with Crippen molar-refractivity contribution in [2.45, 2.75) is 33.7 Å². The number of carbonyl (C=O) groups excluding carboxylic acids is 1. The Bertz CT molecular complexity index is 262. The van der Waals surface area contributed by atoms with Crippen LogP contribution in [0.3, 0.4) is 0 Å². The summed E-state index contributed by atoms with van der Waals surface area (Å²) in [6, 6.07) is 0.407. The minimum absolute atomic E-state index is 0.407. The Labute approximate surface area is 96.8 Å². The van der Waals surface area contributed by atoms with Gasteiger partial charge in [0.05, 0.1) is 0 Å². The molecular formula is C11H22N2O3. The Kier molecular flexibility index (Phi) is 5.44. The quantitative estimate of drug-likeness (QED) is 0.654. The van der Waals surface area contributed by atoms with Gasteiger partial charge < -0.3 is 15.3 Å². The molecule has 0 heterocycles. The van der Waals surface area contributed by atoms with Crippen LogP contribution in [0.1, 0.15) is 27.7 Å². The third kappa shape index (κ3) is 4.18. The van der Waals surface area contributed by atoms with Gasteiger partial charge in [-0.25, -0.2) is 0 Å². The number of carboxylic acids is 1. The first kappa shape index (κ1) is 14.9. The summed E-state index contributed by atoms with van der Waals surface area (Å²) in [5, 5.41) is 11.5. The third-order valence-electron chi connectivity index (χ3n) is 2.73. The molecule has 94 valence electrons. The van der Waals surface area contributed by atoms with Crippen LogP contribution in [0.4, 0.5) is 0 Å². The molecule has 0 aliphatic rings. The molecule has 0 bridgehead atoms. The van der Waals surface area contributed by atoms with Crippen molar-refractivity contribution in [3.05, 3.63) is 0 Å². The normalized spacial score (nSPS) is 11.9. The first-order valence-electron chi connectivity index (χ1n) is 5.41. The number of aliphatic carboxylic acids is 1. The van der Waals surface area contributed by atoms with Crippen LogP contribution < -0.4 is 5.32 Å². The maximum Gasteiger partial charge on any atom is 0.318 e. The summed E-state index contributed by atoms with van der Waals surface area (Å²) >= 11 is 0. The Morgan fingerprint density at radius 3 is 2.25 bits per heavy atom. The van der Waals surface area contributed by atoms with Gasteiger partial charge in [0.1, 0.15) is 5.41 Å². The van der Waals surface area contributed by atoms with Crippen molar-refractivity contribution in [1.82, 2.24) is 10.2 Å². The number of carbonyl (C=O) groups is 2. The molecule has 5 nitrogen and oxygen atoms in total. The van der Waals surface area contributed by atoms with Crippen molar-refractivity contribution in [2.75, 3.05) is 20.1 Å². The van der Waals surface area contributed by atoms with Crippen molar-refractivity contribution in [1.29, 1.82) is 0 Å². The molecule has 0 atom stereocenters. The minimum Gasteiger partial charge on any atom is -0.480 e. The molecule has 1 amide bonds. The predicted octanol–water partition coefficient (Wildman–Crippen LogP) is 0.554. The van der Waals surface area contributed by atoms with Gasteiger partial charge in [0.25, 0.3) is 0 Å². The molecule has 0 spiro atoms. The minimum atomic E-state index is -1.36. The van der Waals surface area contributed by atoms with Crippen LogP contribution in [0.2, 0.25) is 0 Å². The van der Waals surface area contributed by atoms with Crippen LogP contribution >= 0.6 is 0 Å². The van der Waals surface area contributed by atoms with Crippen molar-refractivity contribution in [3.63, 3.8) is 0 Å². The van der Waals surface area contributed by atoms with Gasteiger partial charge in [-0.2, -0.15) is 0 Å². The van der Waals surface area contributed by atoms with Gasteiger partial charge in [-0.15, -0.1) is 0 Å². The van der Waals surface area contributed by atoms with Gasteiger partial charge in [0, 0.05) is 19.1 Å². The van der Waals surface area contributed by atoms with E-state index in [9.17, 15) is 9.59 Å². The maximum atomic E-state index is 11.5. The molecule has 0 saturated carbocycles. The van der Waals surface area contributed by atoms with Crippen LogP contribution in [0.25, 0.3) is 0 Å². The van der Waals surface area contributed by atoms with E-state index in [1.165, 1.54) is 13.8 Å². The van der Waals surface area contributed by atoms with Gasteiger partial charge in [0.15, 0.2) is 0 Å². The van der Waals surface area contributed by atoms with E-state index in [2.05, 4.69) is 24.1 Å². The van der Waals surface area contributed by atoms with E-state index in [0.717, 1.165) is 0 Å². The Morgan fingerprint density at radius 1 is 1.38 bits per heavy atom. The number of rotatable bonds is 6. The second kappa shape index (κ2) is 5.84. The lowest BCUT2D eigenvalue weighted by molar-refractivity contribution is -0.153. The number of hydrogen-bond acceptors (Lipinski definition) is 3. The van der Waals surface area contributed by atoms with Crippen molar-refractivity contribution in [2.24, 2.45) is 5.41 Å². The highest BCUT2D eigenvalue weighted by molar-refractivity contribution is 6.00. The van der Waals surface area contributed by atoms with Gasteiger partial charge in [-0.05, 0) is 34.7 Å². The van der Waals surface area contributed by atoms with Gasteiger partial charge >= 0.3 is 5.97 Å². The highest BCUT2D eigenvalue weighted by Crippen LogP contribution is 2.14. The lowest BCUT2D eigenvalue weighted by Crippen LogP contribution is -2.45. The molecule has 0 aromatic carbocycles. The van der Waals surface area contributed by atoms with Crippen LogP contribution in [0.5, 0.6) is 0 Å². The molecular weight excluding hydrogens is 208 g/mol. The van der Waals surface area contributed by atoms with E-state index < -0.39 is 17.3 Å². The second-order valence-corrected chi connectivity index (χ2v) is 4.76. The number of nitrogens with one attached hydrogen (secondary N) is 1. The van der Waals surface area contributed by atoms with Crippen molar-refractivity contribution >= 4 is 11.9 Å². The molecule has 2 N–H and O–H groups in total. The molecule has 16 heavy (non-hydrogen) atoms. The Morgan fingerprint density at radius 2 is 1.88 bits per heavy atom. The summed E-state index contributed by atoms with van der Waals surface area (Å²) in [6.07, 6.45) is 0. The van der Waals surface area contributed by atoms with E-state index in [1.54, 1.807) is 0 Å². The average molecular weight is 230 g/mol. The lowest BCUT2D eigenvalue weighted by Gasteiger charge is -2.23. The van der Waals surface area contributed by atoms with Gasteiger partial charge in [-0.1, -0.05) is 0 Å². The zero-order valence-electron chi connectivity index (χ0n) is 10.7. The molecule has 0 aromatic rings. The summed E-state index contributed by atoms with van der Waals surface area (Å²) < 4.78 is 0. The fourth-order valence-corrected chi connectivity index (χ4v) is 0.922. The SMILES string of the molecule is CC(C)N(C)CCNC(=O)C(C)(C)C(=O)O. The van der Waals surface area contributed by atoms with E-state index in [-0.39, 0.29) is 0 Å². The number of nitrogens with zero attached hydrogens (tertiary/aromatic N) is 1. The van der Waals surface area contributed by atoms with Gasteiger partial charge in [-0.3, -0.25) is 9.59 Å². The molecule has 0 saturated heterocycles. The fourth-order valence-electron chi connectivity index (χ4n) is 0.922. The third-order valence-corrected chi connectivity index (χ3v) is 2.73. The van der Waals surface area contributed by atoms with Crippen LogP contribution in [0.15, 0.2) is 0 Å². The van der Waals surface area contributed by atoms with E-state index >= 15 is 0 Å². The van der Waals surface area contributed by atoms with Gasteiger partial charge in [0.2, 0.25) is 5.91 Å². The molecule has 0 rings (SSSR count). The number of hydrogen-bond donors (Lipinski definition) is 2. The van der Waals surface area contributed by atoms with E-state index in [0.29, 0.717) is 19.1 Å². The fraction of sp³-hybridized carbons (Fsp3) is 0.818. The second-order valence-electron chi connectivity index (χ2n) is 4.76. The van der Waals surface area contributed by atoms with Crippen LogP contribution in [-0.4, -0.2) is 48.1 Å². The molecule has 0 fully saturated rings. The number of carboxylic acid groups (broad SMARTS) is 1. The topological polar surface area (TPSA) is 69.6 Å². The summed E-state index contributed by atoms with van der Waals surface area (Å²) in [6.45, 7) is 8.09. The summed E-state index contributed by atoms with van der Waals surface area (Å²) in [4.78, 5) is 24.4. The zero-order chi connectivity index (χ0) is 12.9. The zero-order valence-corrected chi connectivity index (χ0v) is 10.7. The Hall–Kier alpha value is -1.10. The van der Waals surface area contributed by atoms with E-state index in [1.807, 2.05) is 7.05 Å². The van der Waals surface area contributed by atoms with Crippen molar-refractivity contribution < 1.29 is 14.7 Å². The predicted molar refractivity (Wildman–Crippen MR) is 62.2 cm³/mol. The molecule has 0 aromatic heterocycles. The monoisotopic (exact) mass is 230 g/mol. The van der Waals surface area contributed by atoms with Crippen LogP contribution in [-0.2, 0) is 9.59 Å². The molecule has 0 aliphatic heterocycles. The molecule has 0 aliphatic carbocycles. The number of amides is 1. The largest absolute Gasteiger partial charge is 0.480 e. The first-order valence-corrected chi connectivity index (χ1v) is 5.41. The summed E-state index contributed by atoms with van der Waals surface area (Å²) in [7, 11) is 1.96. The van der Waals surface area contributed by atoms with Crippen LogP contribution in [0, 0.1) is 5.41 Å². The molecule has 0 unspecified atom stereocenters. The van der Waals surface area contributed by atoms with E-state index in [4.69, 9.17) is 5.11 Å². The molecule has 0 radical (unpaired) electrons. The Balaban J connectivity index is 4.05.